The first-order chi connectivity index (χ1) is 17.6. The Morgan fingerprint density at radius 1 is 1.06 bits per heavy atom. The van der Waals surface area contributed by atoms with Gasteiger partial charge in [0, 0.05) is 28.0 Å². The van der Waals surface area contributed by atoms with Gasteiger partial charge in [0.25, 0.3) is 0 Å². The van der Waals surface area contributed by atoms with Crippen molar-refractivity contribution in [2.45, 2.75) is 19.4 Å². The molecule has 0 unspecified atom stereocenters. The monoisotopic (exact) mass is 498 g/mol. The molecule has 0 spiro atoms. The number of ether oxygens (including phenoxy) is 2. The van der Waals surface area contributed by atoms with Gasteiger partial charge in [0.2, 0.25) is 0 Å². The molecule has 0 radical (unpaired) electrons. The zero-order valence-corrected chi connectivity index (χ0v) is 20.4. The summed E-state index contributed by atoms with van der Waals surface area (Å²) in [6, 6.07) is 20.9. The van der Waals surface area contributed by atoms with Gasteiger partial charge in [-0.2, -0.15) is 0 Å². The minimum Gasteiger partial charge on any atom is -0.497 e. The Hall–Kier alpha value is -4.03. The van der Waals surface area contributed by atoms with E-state index < -0.39 is 5.97 Å². The van der Waals surface area contributed by atoms with Crippen molar-refractivity contribution in [2.75, 3.05) is 18.6 Å². The lowest BCUT2D eigenvalue weighted by Gasteiger charge is -2.31. The van der Waals surface area contributed by atoms with E-state index in [9.17, 15) is 4.79 Å². The van der Waals surface area contributed by atoms with Crippen molar-refractivity contribution in [1.82, 2.24) is 4.98 Å². The van der Waals surface area contributed by atoms with E-state index in [1.54, 1.807) is 25.3 Å². The van der Waals surface area contributed by atoms with Crippen molar-refractivity contribution in [3.8, 4) is 5.75 Å². The summed E-state index contributed by atoms with van der Waals surface area (Å²) < 4.78 is 16.7. The molecular formula is C29H23ClN2O4. The van der Waals surface area contributed by atoms with E-state index in [4.69, 9.17) is 25.5 Å². The van der Waals surface area contributed by atoms with Gasteiger partial charge < -0.3 is 18.8 Å². The lowest BCUT2D eigenvalue weighted by molar-refractivity contribution is 0.0447. The molecule has 0 saturated heterocycles. The highest BCUT2D eigenvalue weighted by Crippen LogP contribution is 2.36. The number of aromatic nitrogens is 1. The van der Waals surface area contributed by atoms with Gasteiger partial charge in [-0.15, -0.1) is 0 Å². The van der Waals surface area contributed by atoms with Crippen molar-refractivity contribution in [2.24, 2.45) is 0 Å². The molecular weight excluding hydrogens is 476 g/mol. The predicted octanol–water partition coefficient (Wildman–Crippen LogP) is 7.08. The summed E-state index contributed by atoms with van der Waals surface area (Å²) in [5, 5.41) is 2.38. The molecule has 0 N–H and O–H groups in total. The molecule has 180 valence electrons. The van der Waals surface area contributed by atoms with E-state index in [-0.39, 0.29) is 6.61 Å². The number of hydrogen-bond donors (Lipinski definition) is 0. The third-order valence-electron chi connectivity index (χ3n) is 6.49. The maximum atomic E-state index is 12.8. The fourth-order valence-electron chi connectivity index (χ4n) is 4.72. The maximum absolute atomic E-state index is 12.8. The van der Waals surface area contributed by atoms with E-state index in [2.05, 4.69) is 28.1 Å². The average molecular weight is 499 g/mol. The first-order valence-corrected chi connectivity index (χ1v) is 12.1. The summed E-state index contributed by atoms with van der Waals surface area (Å²) in [6.45, 7) is 0.937. The zero-order valence-electron chi connectivity index (χ0n) is 19.7. The molecule has 0 bridgehead atoms. The van der Waals surface area contributed by atoms with Crippen LogP contribution >= 0.6 is 11.6 Å². The number of pyridine rings is 1. The molecule has 0 atom stereocenters. The number of methoxy groups -OCH3 is 1. The second-order valence-electron chi connectivity index (χ2n) is 8.82. The number of fused-ring (bicyclic) bond motifs is 3. The molecule has 6 rings (SSSR count). The van der Waals surface area contributed by atoms with Crippen molar-refractivity contribution in [1.29, 1.82) is 0 Å². The molecule has 0 aliphatic carbocycles. The normalized spacial score (nSPS) is 13.1. The lowest BCUT2D eigenvalue weighted by atomic mass is 10.0. The van der Waals surface area contributed by atoms with Crippen LogP contribution in [0.1, 0.15) is 28.1 Å². The second-order valence-corrected chi connectivity index (χ2v) is 9.26. The Morgan fingerprint density at radius 2 is 1.97 bits per heavy atom. The number of carbonyl (C=O) groups is 1. The van der Waals surface area contributed by atoms with Crippen LogP contribution in [0, 0.1) is 0 Å². The van der Waals surface area contributed by atoms with Gasteiger partial charge in [0.05, 0.1) is 30.1 Å². The molecule has 6 nitrogen and oxygen atoms in total. The zero-order chi connectivity index (χ0) is 24.6. The number of benzene rings is 3. The number of rotatable bonds is 5. The Kier molecular flexibility index (Phi) is 5.74. The van der Waals surface area contributed by atoms with Crippen LogP contribution in [0.3, 0.4) is 0 Å². The molecule has 1 aliphatic heterocycles. The van der Waals surface area contributed by atoms with Gasteiger partial charge in [0.15, 0.2) is 0 Å². The number of halogens is 1. The number of carbonyl (C=O) groups excluding carboxylic acids is 1. The van der Waals surface area contributed by atoms with Crippen LogP contribution in [0.15, 0.2) is 77.3 Å². The molecule has 3 aromatic carbocycles. The molecule has 0 fully saturated rings. The number of hydrogen-bond acceptors (Lipinski definition) is 6. The summed E-state index contributed by atoms with van der Waals surface area (Å²) in [5.41, 5.74) is 5.38. The quantitative estimate of drug-likeness (QED) is 0.241. The van der Waals surface area contributed by atoms with Gasteiger partial charge in [0.1, 0.15) is 23.7 Å². The largest absolute Gasteiger partial charge is 0.497 e. The van der Waals surface area contributed by atoms with E-state index >= 15 is 0 Å². The van der Waals surface area contributed by atoms with Crippen LogP contribution in [0.4, 0.5) is 11.4 Å². The summed E-state index contributed by atoms with van der Waals surface area (Å²) in [7, 11) is 1.69. The molecule has 0 saturated carbocycles. The molecule has 1 aliphatic rings. The first kappa shape index (κ1) is 22.4. The van der Waals surface area contributed by atoms with Crippen molar-refractivity contribution < 1.29 is 18.7 Å². The number of esters is 1. The number of nitrogens with zero attached hydrogens (tertiary/aromatic N) is 2. The molecule has 5 aromatic rings. The Bertz CT molecular complexity index is 1610. The van der Waals surface area contributed by atoms with Crippen LogP contribution in [0.2, 0.25) is 5.02 Å². The van der Waals surface area contributed by atoms with E-state index in [1.165, 1.54) is 5.56 Å². The van der Waals surface area contributed by atoms with Gasteiger partial charge in [-0.3, -0.25) is 4.98 Å². The van der Waals surface area contributed by atoms with Crippen LogP contribution in [-0.4, -0.2) is 24.6 Å². The Morgan fingerprint density at radius 3 is 2.86 bits per heavy atom. The van der Waals surface area contributed by atoms with Crippen LogP contribution in [0.5, 0.6) is 5.75 Å². The summed E-state index contributed by atoms with van der Waals surface area (Å²) >= 11 is 6.04. The maximum Gasteiger partial charge on any atom is 0.338 e. The van der Waals surface area contributed by atoms with Crippen molar-refractivity contribution in [3.63, 3.8) is 0 Å². The highest BCUT2D eigenvalue weighted by molar-refractivity contribution is 6.31. The highest BCUT2D eigenvalue weighted by Gasteiger charge is 2.20. The first-order valence-electron chi connectivity index (χ1n) is 11.8. The lowest BCUT2D eigenvalue weighted by Crippen LogP contribution is -2.24. The predicted molar refractivity (Wildman–Crippen MR) is 140 cm³/mol. The average Bonchev–Trinajstić information content (AvgIpc) is 3.32. The molecule has 0 amide bonds. The Labute approximate surface area is 213 Å². The topological polar surface area (TPSA) is 64.8 Å². The van der Waals surface area contributed by atoms with Crippen LogP contribution in [0.25, 0.3) is 21.9 Å². The van der Waals surface area contributed by atoms with Crippen LogP contribution < -0.4 is 9.64 Å². The summed E-state index contributed by atoms with van der Waals surface area (Å²) in [4.78, 5) is 19.7. The third-order valence-corrected chi connectivity index (χ3v) is 6.73. The number of furan rings is 1. The SMILES string of the molecule is COc1ccc2c(c1)CCCN2c1cnc2ccc(C(=O)OCc3cc4cc(Cl)ccc4o3)cc2c1. The smallest absolute Gasteiger partial charge is 0.338 e. The Balaban J connectivity index is 1.23. The van der Waals surface area contributed by atoms with E-state index in [1.807, 2.05) is 36.5 Å². The van der Waals surface area contributed by atoms with Crippen LogP contribution in [-0.2, 0) is 17.8 Å². The second kappa shape index (κ2) is 9.21. The number of aryl methyl sites for hydroxylation is 1. The molecule has 2 aromatic heterocycles. The van der Waals surface area contributed by atoms with Gasteiger partial charge in [-0.05, 0) is 85.1 Å². The van der Waals surface area contributed by atoms with Crippen molar-refractivity contribution >= 4 is 50.8 Å². The van der Waals surface area contributed by atoms with Crippen molar-refractivity contribution in [3.05, 3.63) is 94.8 Å². The third kappa shape index (κ3) is 4.25. The minimum absolute atomic E-state index is 0.0372. The minimum atomic E-state index is -0.420. The van der Waals surface area contributed by atoms with Gasteiger partial charge in [-0.1, -0.05) is 11.6 Å². The number of anilines is 2. The summed E-state index contributed by atoms with van der Waals surface area (Å²) in [6.07, 6.45) is 3.93. The summed E-state index contributed by atoms with van der Waals surface area (Å²) in [5.74, 6) is 1.00. The molecule has 7 heteroatoms. The van der Waals surface area contributed by atoms with E-state index in [0.29, 0.717) is 21.9 Å². The fraction of sp³-hybridized carbons (Fsp3) is 0.172. The van der Waals surface area contributed by atoms with Gasteiger partial charge in [-0.25, -0.2) is 4.79 Å². The standard InChI is InChI=1S/C29H23ClN2O4/c1-34-24-6-8-27-18(14-24)3-2-10-32(27)23-13-20-11-19(4-7-26(20)31-16-23)29(33)35-17-25-15-21-12-22(30)5-9-28(21)36-25/h4-9,11-16H,2-3,10,17H2,1H3. The fourth-order valence-corrected chi connectivity index (χ4v) is 4.90. The molecule has 3 heterocycles. The molecule has 36 heavy (non-hydrogen) atoms. The highest BCUT2D eigenvalue weighted by atomic mass is 35.5. The van der Waals surface area contributed by atoms with Gasteiger partial charge >= 0.3 is 5.97 Å². The van der Waals surface area contributed by atoms with E-state index in [0.717, 1.165) is 52.8 Å².